The Kier molecular flexibility index (Phi) is 7.81. The number of hydrogen-bond acceptors (Lipinski definition) is 3. The van der Waals surface area contributed by atoms with E-state index in [1.807, 2.05) is 18.2 Å². The Hall–Kier alpha value is -1.97. The number of fused-ring (bicyclic) bond motifs is 3. The second-order valence-electron chi connectivity index (χ2n) is 8.08. The third-order valence-corrected chi connectivity index (χ3v) is 5.80. The first kappa shape index (κ1) is 20.8. The Morgan fingerprint density at radius 2 is 1.79 bits per heavy atom. The van der Waals surface area contributed by atoms with E-state index in [0.717, 1.165) is 42.4 Å². The Balaban J connectivity index is 1.52. The molecule has 4 nitrogen and oxygen atoms in total. The average molecular weight is 387 g/mol. The number of carbonyl (C=O) groups is 1. The predicted molar refractivity (Wildman–Crippen MR) is 112 cm³/mol. The molecule has 1 heterocycles. The van der Waals surface area contributed by atoms with Crippen LogP contribution in [-0.2, 0) is 17.6 Å². The molecule has 0 aliphatic heterocycles. The summed E-state index contributed by atoms with van der Waals surface area (Å²) in [5.74, 6) is 0.845. The highest BCUT2D eigenvalue weighted by molar-refractivity contribution is 5.84. The molecule has 1 atom stereocenters. The number of unbranched alkanes of at least 4 members (excludes halogenated alkanes) is 7. The number of carboxylic acid groups (broad SMARTS) is 1. The first-order chi connectivity index (χ1) is 13.7. The number of carboxylic acids is 1. The van der Waals surface area contributed by atoms with Gasteiger partial charge >= 0.3 is 5.97 Å². The van der Waals surface area contributed by atoms with Gasteiger partial charge in [0.15, 0.2) is 6.10 Å². The molecule has 28 heavy (non-hydrogen) atoms. The minimum absolute atomic E-state index is 0.561. The number of ether oxygens (including phenoxy) is 1. The van der Waals surface area contributed by atoms with Gasteiger partial charge in [0.05, 0.1) is 0 Å². The first-order valence-corrected chi connectivity index (χ1v) is 11.1. The summed E-state index contributed by atoms with van der Waals surface area (Å²) in [6, 6.07) is 5.71. The van der Waals surface area contributed by atoms with Gasteiger partial charge in [-0.05, 0) is 50.3 Å². The van der Waals surface area contributed by atoms with Crippen LogP contribution < -0.4 is 4.74 Å². The van der Waals surface area contributed by atoms with Crippen LogP contribution in [0.3, 0.4) is 0 Å². The molecule has 1 unspecified atom stereocenters. The largest absolute Gasteiger partial charge is 0.479 e. The van der Waals surface area contributed by atoms with Crippen LogP contribution in [0, 0.1) is 0 Å². The van der Waals surface area contributed by atoms with Crippen molar-refractivity contribution in [3.8, 4) is 5.75 Å². The van der Waals surface area contributed by atoms with E-state index < -0.39 is 12.1 Å². The average Bonchev–Trinajstić information content (AvgIpc) is 3.07. The van der Waals surface area contributed by atoms with Crippen LogP contribution in [0.4, 0.5) is 0 Å². The zero-order valence-electron chi connectivity index (χ0n) is 17.2. The number of hydrogen-bond donors (Lipinski definition) is 1. The fourth-order valence-corrected chi connectivity index (χ4v) is 4.18. The number of furan rings is 1. The fraction of sp³-hybridized carbons (Fsp3) is 0.625. The minimum atomic E-state index is -0.878. The van der Waals surface area contributed by atoms with Gasteiger partial charge in [-0.3, -0.25) is 0 Å². The Labute approximate surface area is 168 Å². The molecule has 4 heteroatoms. The molecule has 1 aromatic heterocycles. The predicted octanol–water partition coefficient (Wildman–Crippen LogP) is 6.67. The quantitative estimate of drug-likeness (QED) is 0.414. The monoisotopic (exact) mass is 386 g/mol. The van der Waals surface area contributed by atoms with Crippen molar-refractivity contribution < 1.29 is 19.1 Å². The molecule has 0 amide bonds. The lowest BCUT2D eigenvalue weighted by Crippen LogP contribution is -2.26. The summed E-state index contributed by atoms with van der Waals surface area (Å²) in [5, 5.41) is 10.6. The zero-order chi connectivity index (χ0) is 19.8. The van der Waals surface area contributed by atoms with Crippen LogP contribution in [0.15, 0.2) is 22.6 Å². The van der Waals surface area contributed by atoms with Crippen LogP contribution >= 0.6 is 0 Å². The lowest BCUT2D eigenvalue weighted by Gasteiger charge is -2.15. The topological polar surface area (TPSA) is 59.7 Å². The van der Waals surface area contributed by atoms with Crippen molar-refractivity contribution in [1.29, 1.82) is 0 Å². The van der Waals surface area contributed by atoms with E-state index >= 15 is 0 Å². The van der Waals surface area contributed by atoms with E-state index in [0.29, 0.717) is 12.2 Å². The standard InChI is InChI=1S/C24H34O4/c1-2-3-4-5-6-7-8-9-14-23(24(25)26)27-18-15-16-22-20(17-18)19-12-10-11-13-21(19)28-22/h15-17,23H,2-14H2,1H3,(H,25,26). The van der Waals surface area contributed by atoms with Crippen LogP contribution in [0.1, 0.15) is 88.9 Å². The number of benzene rings is 1. The van der Waals surface area contributed by atoms with Gasteiger partial charge in [0.2, 0.25) is 0 Å². The molecule has 0 saturated heterocycles. The molecule has 3 rings (SSSR count). The second kappa shape index (κ2) is 10.5. The summed E-state index contributed by atoms with van der Waals surface area (Å²) in [5.41, 5.74) is 2.16. The lowest BCUT2D eigenvalue weighted by molar-refractivity contribution is -0.145. The van der Waals surface area contributed by atoms with Crippen LogP contribution in [-0.4, -0.2) is 17.2 Å². The summed E-state index contributed by atoms with van der Waals surface area (Å²) in [7, 11) is 0. The molecule has 1 aliphatic carbocycles. The van der Waals surface area contributed by atoms with E-state index in [1.165, 1.54) is 56.9 Å². The van der Waals surface area contributed by atoms with Crippen molar-refractivity contribution in [3.63, 3.8) is 0 Å². The maximum absolute atomic E-state index is 11.6. The molecule has 1 N–H and O–H groups in total. The highest BCUT2D eigenvalue weighted by atomic mass is 16.5. The minimum Gasteiger partial charge on any atom is -0.479 e. The lowest BCUT2D eigenvalue weighted by atomic mass is 9.96. The van der Waals surface area contributed by atoms with E-state index in [1.54, 1.807) is 0 Å². The van der Waals surface area contributed by atoms with Gasteiger partial charge in [-0.2, -0.15) is 0 Å². The molecule has 0 saturated carbocycles. The Morgan fingerprint density at radius 1 is 1.07 bits per heavy atom. The molecule has 0 fully saturated rings. The van der Waals surface area contributed by atoms with Crippen LogP contribution in [0.5, 0.6) is 5.75 Å². The SMILES string of the molecule is CCCCCCCCCCC(Oc1ccc2oc3c(c2c1)CCCC3)C(=O)O. The van der Waals surface area contributed by atoms with Crippen molar-refractivity contribution in [2.75, 3.05) is 0 Å². The molecular weight excluding hydrogens is 352 g/mol. The van der Waals surface area contributed by atoms with Gasteiger partial charge in [0, 0.05) is 17.4 Å². The van der Waals surface area contributed by atoms with E-state index in [2.05, 4.69) is 6.92 Å². The van der Waals surface area contributed by atoms with E-state index in [9.17, 15) is 9.90 Å². The molecule has 2 aromatic rings. The first-order valence-electron chi connectivity index (χ1n) is 11.1. The highest BCUT2D eigenvalue weighted by Crippen LogP contribution is 2.34. The molecule has 154 valence electrons. The molecular formula is C24H34O4. The van der Waals surface area contributed by atoms with Gasteiger partial charge in [-0.25, -0.2) is 4.79 Å². The summed E-state index contributed by atoms with van der Waals surface area (Å²) in [6.07, 6.45) is 13.8. The van der Waals surface area contributed by atoms with Gasteiger partial charge < -0.3 is 14.3 Å². The summed E-state index contributed by atoms with van der Waals surface area (Å²) >= 11 is 0. The summed E-state index contributed by atoms with van der Waals surface area (Å²) in [4.78, 5) is 11.6. The molecule has 1 aromatic carbocycles. The molecule has 0 radical (unpaired) electrons. The third kappa shape index (κ3) is 5.52. The fourth-order valence-electron chi connectivity index (χ4n) is 4.18. The second-order valence-corrected chi connectivity index (χ2v) is 8.08. The maximum Gasteiger partial charge on any atom is 0.344 e. The summed E-state index contributed by atoms with van der Waals surface area (Å²) in [6.45, 7) is 2.23. The van der Waals surface area contributed by atoms with Crippen molar-refractivity contribution in [1.82, 2.24) is 0 Å². The number of aliphatic carboxylic acids is 1. The van der Waals surface area contributed by atoms with Crippen LogP contribution in [0.25, 0.3) is 11.0 Å². The van der Waals surface area contributed by atoms with Crippen LogP contribution in [0.2, 0.25) is 0 Å². The van der Waals surface area contributed by atoms with E-state index in [-0.39, 0.29) is 0 Å². The van der Waals surface area contributed by atoms with Crippen molar-refractivity contribution in [3.05, 3.63) is 29.5 Å². The Morgan fingerprint density at radius 3 is 2.54 bits per heavy atom. The van der Waals surface area contributed by atoms with Gasteiger partial charge in [0.1, 0.15) is 17.1 Å². The maximum atomic E-state index is 11.6. The molecule has 0 bridgehead atoms. The normalized spacial score (nSPS) is 14.8. The number of rotatable bonds is 12. The summed E-state index contributed by atoms with van der Waals surface area (Å²) < 4.78 is 11.8. The van der Waals surface area contributed by atoms with Gasteiger partial charge in [-0.1, -0.05) is 51.9 Å². The highest BCUT2D eigenvalue weighted by Gasteiger charge is 2.21. The van der Waals surface area contributed by atoms with Crippen molar-refractivity contribution in [2.24, 2.45) is 0 Å². The molecule has 1 aliphatic rings. The third-order valence-electron chi connectivity index (χ3n) is 5.80. The van der Waals surface area contributed by atoms with E-state index in [4.69, 9.17) is 9.15 Å². The zero-order valence-corrected chi connectivity index (χ0v) is 17.2. The number of aryl methyl sites for hydroxylation is 2. The van der Waals surface area contributed by atoms with Crippen molar-refractivity contribution in [2.45, 2.75) is 96.5 Å². The van der Waals surface area contributed by atoms with Gasteiger partial charge in [0.25, 0.3) is 0 Å². The molecule has 0 spiro atoms. The smallest absolute Gasteiger partial charge is 0.344 e. The van der Waals surface area contributed by atoms with Gasteiger partial charge in [-0.15, -0.1) is 0 Å². The van der Waals surface area contributed by atoms with Crippen molar-refractivity contribution >= 4 is 16.9 Å². The Bertz CT molecular complexity index is 761.